The van der Waals surface area contributed by atoms with Crippen LogP contribution in [0.15, 0.2) is 24.7 Å². The number of rotatable bonds is 5. The zero-order valence-corrected chi connectivity index (χ0v) is 19.4. The highest BCUT2D eigenvalue weighted by Crippen LogP contribution is 2.55. The first-order valence-corrected chi connectivity index (χ1v) is 12.7. The highest BCUT2D eigenvalue weighted by atomic mass is 16.2. The van der Waals surface area contributed by atoms with Crippen LogP contribution in [-0.2, 0) is 4.79 Å². The molecule has 2 N–H and O–H groups in total. The summed E-state index contributed by atoms with van der Waals surface area (Å²) >= 11 is 0. The molecule has 2 amide bonds. The smallest absolute Gasteiger partial charge is 0.256 e. The van der Waals surface area contributed by atoms with Crippen molar-refractivity contribution in [3.63, 3.8) is 0 Å². The summed E-state index contributed by atoms with van der Waals surface area (Å²) in [4.78, 5) is 25.5. The fourth-order valence-electron chi connectivity index (χ4n) is 7.75. The molecule has 0 spiro atoms. The molecule has 5 aliphatic rings. The van der Waals surface area contributed by atoms with Gasteiger partial charge in [0.05, 0.1) is 12.2 Å². The van der Waals surface area contributed by atoms with E-state index >= 15 is 0 Å². The molecule has 5 saturated carbocycles. The van der Waals surface area contributed by atoms with Crippen molar-refractivity contribution in [2.24, 2.45) is 17.8 Å². The molecule has 2 aromatic rings. The lowest BCUT2D eigenvalue weighted by Gasteiger charge is -2.60. The van der Waals surface area contributed by atoms with Crippen LogP contribution in [0, 0.1) is 17.8 Å². The van der Waals surface area contributed by atoms with Crippen molar-refractivity contribution < 1.29 is 9.59 Å². The molecule has 0 unspecified atom stereocenters. The van der Waals surface area contributed by atoms with Crippen LogP contribution in [0.4, 0.5) is 0 Å². The molecule has 0 aromatic carbocycles. The molecule has 2 heterocycles. The zero-order chi connectivity index (χ0) is 22.6. The predicted octanol–water partition coefficient (Wildman–Crippen LogP) is 3.39. The van der Waals surface area contributed by atoms with Crippen LogP contribution >= 0.6 is 0 Å². The van der Waals surface area contributed by atoms with Gasteiger partial charge in [-0.15, -0.1) is 0 Å². The van der Waals surface area contributed by atoms with E-state index in [1.54, 1.807) is 24.0 Å². The minimum Gasteiger partial charge on any atom is -0.351 e. The predicted molar refractivity (Wildman–Crippen MR) is 123 cm³/mol. The van der Waals surface area contributed by atoms with Crippen molar-refractivity contribution in [3.8, 4) is 5.82 Å². The summed E-state index contributed by atoms with van der Waals surface area (Å²) in [6.07, 6.45) is 16.6. The third kappa shape index (κ3) is 3.67. The van der Waals surface area contributed by atoms with Crippen molar-refractivity contribution in [1.82, 2.24) is 30.2 Å². The Balaban J connectivity index is 1.26. The number of nitrogens with zero attached hydrogens (tertiary/aromatic N) is 4. The normalized spacial score (nSPS) is 33.2. The average molecular weight is 451 g/mol. The first-order chi connectivity index (χ1) is 16.0. The molecule has 176 valence electrons. The second kappa shape index (κ2) is 7.99. The van der Waals surface area contributed by atoms with Crippen LogP contribution in [0.25, 0.3) is 5.82 Å². The van der Waals surface area contributed by atoms with Gasteiger partial charge in [0.15, 0.2) is 5.82 Å². The molecule has 4 bridgehead atoms. The fraction of sp³-hybridized carbons (Fsp3) is 0.680. The van der Waals surface area contributed by atoms with E-state index < -0.39 is 0 Å². The van der Waals surface area contributed by atoms with Gasteiger partial charge >= 0.3 is 0 Å². The van der Waals surface area contributed by atoms with E-state index in [1.165, 1.54) is 19.3 Å². The highest BCUT2D eigenvalue weighted by molar-refractivity contribution is 5.97. The Bertz CT molecular complexity index is 1020. The number of aromatic nitrogens is 4. The molecule has 2 atom stereocenters. The van der Waals surface area contributed by atoms with Gasteiger partial charge in [0, 0.05) is 30.9 Å². The molecular weight excluding hydrogens is 416 g/mol. The van der Waals surface area contributed by atoms with Crippen molar-refractivity contribution in [2.45, 2.75) is 88.8 Å². The SMILES string of the molecule is CC(=O)NC12CC3C[C@@H](C1)C(NC(=O)c1cnn(C4CCCCC4)c1-n1cccn1)[C@@H](C3)C2. The first-order valence-electron chi connectivity index (χ1n) is 12.7. The molecule has 7 rings (SSSR count). The van der Waals surface area contributed by atoms with E-state index in [4.69, 9.17) is 5.10 Å². The van der Waals surface area contributed by atoms with Crippen molar-refractivity contribution in [2.75, 3.05) is 0 Å². The molecule has 8 nitrogen and oxygen atoms in total. The highest BCUT2D eigenvalue weighted by Gasteiger charge is 2.56. The van der Waals surface area contributed by atoms with Crippen LogP contribution in [-0.4, -0.2) is 43.0 Å². The maximum atomic E-state index is 13.6. The summed E-state index contributed by atoms with van der Waals surface area (Å²) in [5, 5.41) is 15.8. The Kier molecular flexibility index (Phi) is 5.07. The second-order valence-electron chi connectivity index (χ2n) is 11.0. The van der Waals surface area contributed by atoms with E-state index in [-0.39, 0.29) is 23.4 Å². The molecule has 5 fully saturated rings. The molecular formula is C25H34N6O2. The van der Waals surface area contributed by atoms with Crippen molar-refractivity contribution in [3.05, 3.63) is 30.2 Å². The van der Waals surface area contributed by atoms with Gasteiger partial charge in [-0.1, -0.05) is 19.3 Å². The number of hydrogen-bond donors (Lipinski definition) is 2. The summed E-state index contributed by atoms with van der Waals surface area (Å²) < 4.78 is 3.82. The Morgan fingerprint density at radius 3 is 2.48 bits per heavy atom. The minimum absolute atomic E-state index is 0.0476. The maximum absolute atomic E-state index is 13.6. The summed E-state index contributed by atoms with van der Waals surface area (Å²) in [6.45, 7) is 1.62. The summed E-state index contributed by atoms with van der Waals surface area (Å²) in [6, 6.07) is 2.37. The molecule has 0 aliphatic heterocycles. The lowest BCUT2D eigenvalue weighted by Crippen LogP contribution is -2.66. The number of carbonyl (C=O) groups is 2. The summed E-state index contributed by atoms with van der Waals surface area (Å²) in [5.74, 6) is 2.31. The Labute approximate surface area is 194 Å². The average Bonchev–Trinajstić information content (AvgIpc) is 3.45. The van der Waals surface area contributed by atoms with E-state index in [0.717, 1.165) is 50.8 Å². The van der Waals surface area contributed by atoms with E-state index in [1.807, 2.05) is 16.9 Å². The lowest BCUT2D eigenvalue weighted by molar-refractivity contribution is -0.125. The molecule has 8 heteroatoms. The molecule has 0 radical (unpaired) electrons. The Morgan fingerprint density at radius 1 is 1.06 bits per heavy atom. The Morgan fingerprint density at radius 2 is 1.82 bits per heavy atom. The van der Waals surface area contributed by atoms with Crippen LogP contribution in [0.3, 0.4) is 0 Å². The quantitative estimate of drug-likeness (QED) is 0.730. The largest absolute Gasteiger partial charge is 0.351 e. The maximum Gasteiger partial charge on any atom is 0.256 e. The van der Waals surface area contributed by atoms with Gasteiger partial charge in [-0.2, -0.15) is 10.2 Å². The van der Waals surface area contributed by atoms with Gasteiger partial charge in [0.2, 0.25) is 5.91 Å². The van der Waals surface area contributed by atoms with Crippen molar-refractivity contribution >= 4 is 11.8 Å². The Hall–Kier alpha value is -2.64. The molecule has 5 aliphatic carbocycles. The van der Waals surface area contributed by atoms with E-state index in [9.17, 15) is 9.59 Å². The van der Waals surface area contributed by atoms with Crippen LogP contribution in [0.5, 0.6) is 0 Å². The summed E-state index contributed by atoms with van der Waals surface area (Å²) in [5.41, 5.74) is 0.546. The van der Waals surface area contributed by atoms with Gasteiger partial charge in [-0.3, -0.25) is 9.59 Å². The van der Waals surface area contributed by atoms with Crippen LogP contribution < -0.4 is 10.6 Å². The van der Waals surface area contributed by atoms with Gasteiger partial charge in [0.1, 0.15) is 5.56 Å². The third-order valence-corrected chi connectivity index (χ3v) is 8.67. The van der Waals surface area contributed by atoms with Crippen molar-refractivity contribution in [1.29, 1.82) is 0 Å². The topological polar surface area (TPSA) is 93.8 Å². The molecule has 2 aromatic heterocycles. The second-order valence-corrected chi connectivity index (χ2v) is 11.0. The molecule has 0 saturated heterocycles. The lowest BCUT2D eigenvalue weighted by atomic mass is 9.51. The van der Waals surface area contributed by atoms with E-state index in [0.29, 0.717) is 29.4 Å². The van der Waals surface area contributed by atoms with Crippen LogP contribution in [0.2, 0.25) is 0 Å². The number of amides is 2. The van der Waals surface area contributed by atoms with Gasteiger partial charge in [-0.25, -0.2) is 9.36 Å². The van der Waals surface area contributed by atoms with Gasteiger partial charge in [0.25, 0.3) is 5.91 Å². The van der Waals surface area contributed by atoms with E-state index in [2.05, 4.69) is 15.7 Å². The fourth-order valence-corrected chi connectivity index (χ4v) is 7.75. The van der Waals surface area contributed by atoms with Gasteiger partial charge < -0.3 is 10.6 Å². The number of nitrogens with one attached hydrogen (secondary N) is 2. The minimum atomic E-state index is -0.0599. The number of carbonyl (C=O) groups excluding carboxylic acids is 2. The molecule has 33 heavy (non-hydrogen) atoms. The monoisotopic (exact) mass is 450 g/mol. The standard InChI is InChI=1S/C25H34N6O2/c1-16(32)29-25-12-17-10-18(13-25)22(19(11-17)14-25)28-23(33)21-15-27-31(20-6-3-2-4-7-20)24(21)30-9-5-8-26-30/h5,8-9,15,17-20,22H,2-4,6-7,10-14H2,1H3,(H,28,33)(H,29,32)/t17?,18-,19-,22?,25?/m0/s1. The zero-order valence-electron chi connectivity index (χ0n) is 19.4. The first kappa shape index (κ1) is 20.9. The third-order valence-electron chi connectivity index (χ3n) is 8.67. The number of hydrogen-bond acceptors (Lipinski definition) is 4. The summed E-state index contributed by atoms with van der Waals surface area (Å²) in [7, 11) is 0. The van der Waals surface area contributed by atoms with Crippen LogP contribution in [0.1, 0.15) is 87.5 Å². The van der Waals surface area contributed by atoms with Gasteiger partial charge in [-0.05, 0) is 68.8 Å².